The summed E-state index contributed by atoms with van der Waals surface area (Å²) in [5.41, 5.74) is 0. The van der Waals surface area contributed by atoms with Crippen LogP contribution in [0.2, 0.25) is 0 Å². The van der Waals surface area contributed by atoms with E-state index in [1.807, 2.05) is 0 Å². The lowest BCUT2D eigenvalue weighted by Crippen LogP contribution is -2.22. The molecule has 0 radical (unpaired) electrons. The zero-order valence-electron chi connectivity index (χ0n) is 7.56. The monoisotopic (exact) mass is 198 g/mol. The number of halogens is 3. The molecule has 0 aromatic rings. The van der Waals surface area contributed by atoms with Crippen molar-refractivity contribution < 1.29 is 23.1 Å². The van der Waals surface area contributed by atoms with Crippen LogP contribution in [-0.4, -0.2) is 17.3 Å². The minimum atomic E-state index is -4.26. The molecule has 0 saturated heterocycles. The number of aliphatic carboxylic acids is 1. The first-order valence-corrected chi connectivity index (χ1v) is 4.03. The lowest BCUT2D eigenvalue weighted by atomic mass is 9.91. The molecule has 0 saturated carbocycles. The molecule has 0 aromatic heterocycles. The molecular weight excluding hydrogens is 185 g/mol. The highest BCUT2D eigenvalue weighted by molar-refractivity contribution is 5.70. The molecule has 0 rings (SSSR count). The van der Waals surface area contributed by atoms with E-state index in [1.54, 1.807) is 13.8 Å². The third kappa shape index (κ3) is 5.49. The summed E-state index contributed by atoms with van der Waals surface area (Å²) in [5, 5.41) is 8.57. The Morgan fingerprint density at radius 3 is 2.08 bits per heavy atom. The largest absolute Gasteiger partial charge is 0.481 e. The van der Waals surface area contributed by atoms with E-state index in [4.69, 9.17) is 5.11 Å². The topological polar surface area (TPSA) is 37.3 Å². The van der Waals surface area contributed by atoms with E-state index in [-0.39, 0.29) is 12.3 Å². The van der Waals surface area contributed by atoms with Crippen LogP contribution in [0.25, 0.3) is 0 Å². The molecule has 0 aromatic carbocycles. The number of carboxylic acids is 1. The van der Waals surface area contributed by atoms with Crippen LogP contribution >= 0.6 is 0 Å². The third-order valence-electron chi connectivity index (χ3n) is 1.86. The van der Waals surface area contributed by atoms with Gasteiger partial charge in [0.1, 0.15) is 0 Å². The molecule has 0 bridgehead atoms. The molecule has 13 heavy (non-hydrogen) atoms. The van der Waals surface area contributed by atoms with Crippen LogP contribution in [0.4, 0.5) is 13.2 Å². The van der Waals surface area contributed by atoms with Crippen molar-refractivity contribution in [2.75, 3.05) is 0 Å². The molecule has 78 valence electrons. The second kappa shape index (κ2) is 4.48. The van der Waals surface area contributed by atoms with Gasteiger partial charge in [0.2, 0.25) is 0 Å². The van der Waals surface area contributed by atoms with Crippen LogP contribution in [0.15, 0.2) is 0 Å². The second-order valence-corrected chi connectivity index (χ2v) is 3.34. The van der Waals surface area contributed by atoms with Crippen molar-refractivity contribution in [3.05, 3.63) is 0 Å². The molecular formula is C8H13F3O2. The molecule has 5 heteroatoms. The Labute approximate surface area is 74.7 Å². The highest BCUT2D eigenvalue weighted by Crippen LogP contribution is 2.27. The Balaban J connectivity index is 4.06. The third-order valence-corrected chi connectivity index (χ3v) is 1.86. The van der Waals surface area contributed by atoms with E-state index in [2.05, 4.69) is 0 Å². The molecule has 0 aliphatic heterocycles. The first kappa shape index (κ1) is 12.3. The van der Waals surface area contributed by atoms with Crippen molar-refractivity contribution >= 4 is 5.97 Å². The average Bonchev–Trinajstić information content (AvgIpc) is 1.82. The van der Waals surface area contributed by atoms with Crippen molar-refractivity contribution in [2.45, 2.75) is 32.9 Å². The smallest absolute Gasteiger partial charge is 0.389 e. The molecule has 0 aliphatic carbocycles. The number of carbonyl (C=O) groups is 1. The normalized spacial score (nSPS) is 14.6. The Morgan fingerprint density at radius 1 is 1.38 bits per heavy atom. The van der Waals surface area contributed by atoms with Crippen LogP contribution in [0.1, 0.15) is 26.7 Å². The number of carboxylic acid groups (broad SMARTS) is 1. The Morgan fingerprint density at radius 2 is 1.85 bits per heavy atom. The molecule has 0 spiro atoms. The molecule has 0 amide bonds. The summed E-state index contributed by atoms with van der Waals surface area (Å²) in [6.45, 7) is 3.21. The van der Waals surface area contributed by atoms with E-state index >= 15 is 0 Å². The minimum Gasteiger partial charge on any atom is -0.481 e. The van der Waals surface area contributed by atoms with Crippen molar-refractivity contribution in [2.24, 2.45) is 11.8 Å². The lowest BCUT2D eigenvalue weighted by molar-refractivity contribution is -0.150. The predicted octanol–water partition coefficient (Wildman–Crippen LogP) is 2.69. The number of hydrogen-bond donors (Lipinski definition) is 1. The van der Waals surface area contributed by atoms with E-state index in [0.717, 1.165) is 0 Å². The maximum absolute atomic E-state index is 11.7. The minimum absolute atomic E-state index is 0.264. The first-order valence-electron chi connectivity index (χ1n) is 4.03. The van der Waals surface area contributed by atoms with Gasteiger partial charge in [0.15, 0.2) is 0 Å². The van der Waals surface area contributed by atoms with Crippen molar-refractivity contribution in [3.63, 3.8) is 0 Å². The van der Waals surface area contributed by atoms with Gasteiger partial charge < -0.3 is 5.11 Å². The van der Waals surface area contributed by atoms with Gasteiger partial charge in [-0.3, -0.25) is 4.79 Å². The second-order valence-electron chi connectivity index (χ2n) is 3.34. The van der Waals surface area contributed by atoms with Crippen LogP contribution in [0, 0.1) is 11.8 Å². The zero-order valence-corrected chi connectivity index (χ0v) is 7.56. The Kier molecular flexibility index (Phi) is 4.23. The molecule has 2 nitrogen and oxygen atoms in total. The lowest BCUT2D eigenvalue weighted by Gasteiger charge is -2.16. The predicted molar refractivity (Wildman–Crippen MR) is 41.3 cm³/mol. The van der Waals surface area contributed by atoms with Crippen LogP contribution < -0.4 is 0 Å². The number of rotatable bonds is 4. The number of alkyl halides is 3. The van der Waals surface area contributed by atoms with Crippen LogP contribution in [0.3, 0.4) is 0 Å². The summed E-state index contributed by atoms with van der Waals surface area (Å²) < 4.78 is 35.2. The van der Waals surface area contributed by atoms with Crippen molar-refractivity contribution in [1.82, 2.24) is 0 Å². The molecule has 1 unspecified atom stereocenters. The van der Waals surface area contributed by atoms with Gasteiger partial charge in [-0.2, -0.15) is 13.2 Å². The van der Waals surface area contributed by atoms with E-state index in [1.165, 1.54) is 0 Å². The van der Waals surface area contributed by atoms with E-state index in [0.29, 0.717) is 0 Å². The molecule has 0 heterocycles. The summed E-state index contributed by atoms with van der Waals surface area (Å²) in [7, 11) is 0. The van der Waals surface area contributed by atoms with Gasteiger partial charge in [0, 0.05) is 6.42 Å². The van der Waals surface area contributed by atoms with Gasteiger partial charge in [-0.05, 0) is 12.3 Å². The molecule has 0 fully saturated rings. The van der Waals surface area contributed by atoms with E-state index < -0.39 is 24.5 Å². The average molecular weight is 198 g/mol. The summed E-state index contributed by atoms with van der Waals surface area (Å²) in [5.74, 6) is -2.32. The van der Waals surface area contributed by atoms with Crippen LogP contribution in [-0.2, 0) is 4.79 Å². The number of hydrogen-bond acceptors (Lipinski definition) is 1. The Bertz CT molecular complexity index is 175. The standard InChI is InChI=1S/C8H13F3O2/c1-5(2)6(7(12)13)3-4-8(9,10)11/h5-6H,3-4H2,1-2H3,(H,12,13). The summed E-state index contributed by atoms with van der Waals surface area (Å²) in [6, 6.07) is 0. The van der Waals surface area contributed by atoms with Gasteiger partial charge in [0.25, 0.3) is 0 Å². The quantitative estimate of drug-likeness (QED) is 0.754. The van der Waals surface area contributed by atoms with Gasteiger partial charge in [-0.15, -0.1) is 0 Å². The summed E-state index contributed by atoms with van der Waals surface area (Å²) >= 11 is 0. The van der Waals surface area contributed by atoms with Gasteiger partial charge in [-0.25, -0.2) is 0 Å². The molecule has 0 aliphatic rings. The van der Waals surface area contributed by atoms with Gasteiger partial charge in [-0.1, -0.05) is 13.8 Å². The van der Waals surface area contributed by atoms with E-state index in [9.17, 15) is 18.0 Å². The van der Waals surface area contributed by atoms with Gasteiger partial charge in [0.05, 0.1) is 5.92 Å². The molecule has 1 atom stereocenters. The highest BCUT2D eigenvalue weighted by Gasteiger charge is 2.31. The zero-order chi connectivity index (χ0) is 10.6. The van der Waals surface area contributed by atoms with Gasteiger partial charge >= 0.3 is 12.1 Å². The molecule has 1 N–H and O–H groups in total. The maximum atomic E-state index is 11.7. The fourth-order valence-electron chi connectivity index (χ4n) is 1.06. The maximum Gasteiger partial charge on any atom is 0.389 e. The summed E-state index contributed by atoms with van der Waals surface area (Å²) in [6.07, 6.45) is -5.62. The SMILES string of the molecule is CC(C)C(CCC(F)(F)F)C(=O)O. The highest BCUT2D eigenvalue weighted by atomic mass is 19.4. The van der Waals surface area contributed by atoms with Crippen LogP contribution in [0.5, 0.6) is 0 Å². The fraction of sp³-hybridized carbons (Fsp3) is 0.875. The first-order chi connectivity index (χ1) is 5.74. The summed E-state index contributed by atoms with van der Waals surface area (Å²) in [4.78, 5) is 10.5. The van der Waals surface area contributed by atoms with Crippen molar-refractivity contribution in [3.8, 4) is 0 Å². The fourth-order valence-corrected chi connectivity index (χ4v) is 1.06. The van der Waals surface area contributed by atoms with Crippen molar-refractivity contribution in [1.29, 1.82) is 0 Å². The Hall–Kier alpha value is -0.740.